The van der Waals surface area contributed by atoms with Gasteiger partial charge in [-0.3, -0.25) is 29.5 Å². The van der Waals surface area contributed by atoms with Gasteiger partial charge in [0.2, 0.25) is 17.7 Å². The van der Waals surface area contributed by atoms with Crippen LogP contribution in [0.25, 0.3) is 10.9 Å². The van der Waals surface area contributed by atoms with E-state index in [0.717, 1.165) is 16.9 Å². The van der Waals surface area contributed by atoms with Gasteiger partial charge in [0.15, 0.2) is 5.96 Å². The Kier molecular flexibility index (Phi) is 12.1. The molecule has 3 aromatic rings. The van der Waals surface area contributed by atoms with Gasteiger partial charge >= 0.3 is 0 Å². The fraction of sp³-hybridized carbons (Fsp3) is 0.400. The number of aromatic nitrogens is 1. The first-order chi connectivity index (χ1) is 20.9. The summed E-state index contributed by atoms with van der Waals surface area (Å²) in [5.74, 6) is -0.827. The van der Waals surface area contributed by atoms with E-state index in [9.17, 15) is 24.5 Å². The van der Waals surface area contributed by atoms with Gasteiger partial charge < -0.3 is 31.2 Å². The predicted octanol–water partition coefficient (Wildman–Crippen LogP) is 2.89. The number of nitrogens with two attached hydrogens (primary N) is 1. The number of H-pyrrole nitrogens is 1. The topological polar surface area (TPSA) is 179 Å². The van der Waals surface area contributed by atoms with Gasteiger partial charge in [0, 0.05) is 65.0 Å². The second-order valence-corrected chi connectivity index (χ2v) is 11.7. The molecule has 0 radical (unpaired) electrons. The molecule has 2 aromatic carbocycles. The molecule has 236 valence electrons. The Morgan fingerprint density at radius 1 is 1.00 bits per heavy atom. The molecule has 0 fully saturated rings. The van der Waals surface area contributed by atoms with E-state index in [-0.39, 0.29) is 18.0 Å². The third kappa shape index (κ3) is 9.20. The average Bonchev–Trinajstić information content (AvgIpc) is 3.29. The number of rotatable bonds is 14. The van der Waals surface area contributed by atoms with Gasteiger partial charge in [-0.2, -0.15) is 0 Å². The average molecular weight is 625 g/mol. The predicted molar refractivity (Wildman–Crippen MR) is 171 cm³/mol. The van der Waals surface area contributed by atoms with Crippen LogP contribution in [0.2, 0.25) is 0 Å². The summed E-state index contributed by atoms with van der Waals surface area (Å²) < 4.78 is 0. The summed E-state index contributed by atoms with van der Waals surface area (Å²) in [5.41, 5.74) is 7.16. The number of unbranched alkanes of at least 4 members (excludes halogenated alkanes) is 1. The quantitative estimate of drug-likeness (QED) is 0.0695. The number of benzene rings is 2. The Bertz CT molecular complexity index is 1510. The number of carbonyl (C=O) groups excluding carboxylic acids is 3. The standard InChI is InChI=1S/C30H40N8O5S/c1-19(39)33-23(14-10-11-17-32-30(36(2)3)37(4)5)28(41)34-24(27(31)40)18-21-20-12-6-7-13-22(20)35-29(21)44-26-16-9-8-15-25(26)38(42)43/h6-9,12-13,15-16,23-24,35H,10-11,14,17-18H2,1-5H3,(H2,31,40)(H,33,39)(H,34,41)/t23-,24-/m0/s1. The van der Waals surface area contributed by atoms with Crippen molar-refractivity contribution in [2.24, 2.45) is 10.7 Å². The summed E-state index contributed by atoms with van der Waals surface area (Å²) in [5, 5.41) is 18.4. The molecule has 44 heavy (non-hydrogen) atoms. The van der Waals surface area contributed by atoms with Gasteiger partial charge in [-0.1, -0.05) is 42.1 Å². The molecule has 2 atom stereocenters. The van der Waals surface area contributed by atoms with Crippen LogP contribution in [-0.2, 0) is 20.8 Å². The number of fused-ring (bicyclic) bond motifs is 1. The largest absolute Gasteiger partial charge is 0.368 e. The van der Waals surface area contributed by atoms with E-state index in [1.807, 2.05) is 62.3 Å². The number of nitrogens with one attached hydrogen (secondary N) is 3. The second-order valence-electron chi connectivity index (χ2n) is 10.7. The van der Waals surface area contributed by atoms with Crippen molar-refractivity contribution in [3.05, 3.63) is 64.2 Å². The fourth-order valence-corrected chi connectivity index (χ4v) is 5.90. The van der Waals surface area contributed by atoms with Gasteiger partial charge in [-0.15, -0.1) is 0 Å². The molecule has 1 heterocycles. The molecule has 13 nitrogen and oxygen atoms in total. The lowest BCUT2D eigenvalue weighted by Gasteiger charge is -2.23. The highest BCUT2D eigenvalue weighted by Crippen LogP contribution is 2.39. The molecule has 3 amide bonds. The van der Waals surface area contributed by atoms with Gasteiger partial charge in [0.1, 0.15) is 12.1 Å². The first-order valence-corrected chi connectivity index (χ1v) is 15.0. The van der Waals surface area contributed by atoms with E-state index < -0.39 is 28.8 Å². The lowest BCUT2D eigenvalue weighted by Crippen LogP contribution is -2.53. The maximum absolute atomic E-state index is 13.4. The molecule has 0 saturated heterocycles. The van der Waals surface area contributed by atoms with E-state index in [1.54, 1.807) is 18.2 Å². The number of nitro groups is 1. The number of amides is 3. The summed E-state index contributed by atoms with van der Waals surface area (Å²) in [6.45, 7) is 1.87. The smallest absolute Gasteiger partial charge is 0.283 e. The number of carbonyl (C=O) groups is 3. The third-order valence-electron chi connectivity index (χ3n) is 6.76. The molecule has 14 heteroatoms. The minimum Gasteiger partial charge on any atom is -0.368 e. The van der Waals surface area contributed by atoms with E-state index in [0.29, 0.717) is 41.3 Å². The molecule has 0 aliphatic heterocycles. The minimum atomic E-state index is -1.10. The van der Waals surface area contributed by atoms with E-state index in [1.165, 1.54) is 24.8 Å². The van der Waals surface area contributed by atoms with Crippen molar-refractivity contribution in [2.45, 2.75) is 54.6 Å². The molecular formula is C30H40N8O5S. The zero-order chi connectivity index (χ0) is 32.4. The van der Waals surface area contributed by atoms with Crippen LogP contribution in [0.1, 0.15) is 31.7 Å². The zero-order valence-electron chi connectivity index (χ0n) is 25.6. The summed E-state index contributed by atoms with van der Waals surface area (Å²) in [6.07, 6.45) is 1.68. The van der Waals surface area contributed by atoms with Crippen molar-refractivity contribution in [3.8, 4) is 0 Å². The number of aliphatic imine (C=N–C) groups is 1. The van der Waals surface area contributed by atoms with Crippen LogP contribution in [0.3, 0.4) is 0 Å². The lowest BCUT2D eigenvalue weighted by atomic mass is 10.0. The van der Waals surface area contributed by atoms with Crippen molar-refractivity contribution in [1.82, 2.24) is 25.4 Å². The Balaban J connectivity index is 1.79. The van der Waals surface area contributed by atoms with E-state index >= 15 is 0 Å². The van der Waals surface area contributed by atoms with Crippen LogP contribution in [0.15, 0.2) is 63.4 Å². The SMILES string of the molecule is CC(=O)N[C@@H](CCCCN=C(N(C)C)N(C)C)C(=O)N[C@@H](Cc1c(Sc2ccccc2[N+](=O)[O-])[nH]c2ccccc12)C(N)=O. The number of primary amides is 1. The molecule has 0 saturated carbocycles. The summed E-state index contributed by atoms with van der Waals surface area (Å²) in [7, 11) is 7.65. The monoisotopic (exact) mass is 624 g/mol. The zero-order valence-corrected chi connectivity index (χ0v) is 26.4. The normalized spacial score (nSPS) is 12.2. The number of aromatic amines is 1. The fourth-order valence-electron chi connectivity index (χ4n) is 4.80. The third-order valence-corrected chi connectivity index (χ3v) is 7.88. The number of hydrogen-bond donors (Lipinski definition) is 4. The number of hydrogen-bond acceptors (Lipinski definition) is 7. The van der Waals surface area contributed by atoms with E-state index in [2.05, 4.69) is 20.6 Å². The van der Waals surface area contributed by atoms with Gasteiger partial charge in [-0.25, -0.2) is 0 Å². The summed E-state index contributed by atoms with van der Waals surface area (Å²) in [6, 6.07) is 11.8. The van der Waals surface area contributed by atoms with Gasteiger partial charge in [-0.05, 0) is 37.0 Å². The van der Waals surface area contributed by atoms with Crippen LogP contribution in [0.5, 0.6) is 0 Å². The molecule has 0 aliphatic carbocycles. The Morgan fingerprint density at radius 2 is 1.66 bits per heavy atom. The second kappa shape index (κ2) is 15.8. The van der Waals surface area contributed by atoms with Crippen LogP contribution in [0.4, 0.5) is 5.69 Å². The molecular weight excluding hydrogens is 584 g/mol. The number of guanidine groups is 1. The molecule has 0 spiro atoms. The summed E-state index contributed by atoms with van der Waals surface area (Å²) >= 11 is 1.17. The maximum Gasteiger partial charge on any atom is 0.283 e. The number of nitrogens with zero attached hydrogens (tertiary/aromatic N) is 4. The molecule has 0 bridgehead atoms. The van der Waals surface area contributed by atoms with Crippen LogP contribution in [0, 0.1) is 10.1 Å². The van der Waals surface area contributed by atoms with Crippen LogP contribution in [-0.4, -0.2) is 90.2 Å². The van der Waals surface area contributed by atoms with Crippen LogP contribution < -0.4 is 16.4 Å². The number of nitro benzene ring substituents is 1. The number of para-hydroxylation sites is 2. The van der Waals surface area contributed by atoms with Crippen molar-refractivity contribution in [3.63, 3.8) is 0 Å². The highest BCUT2D eigenvalue weighted by Gasteiger charge is 2.28. The minimum absolute atomic E-state index is 0.0351. The Labute approximate surface area is 260 Å². The first-order valence-electron chi connectivity index (χ1n) is 14.2. The Hall–Kier alpha value is -4.59. The molecule has 0 aliphatic rings. The van der Waals surface area contributed by atoms with E-state index in [4.69, 9.17) is 5.73 Å². The first kappa shape index (κ1) is 33.9. The molecule has 1 aromatic heterocycles. The van der Waals surface area contributed by atoms with Crippen LogP contribution >= 0.6 is 11.8 Å². The maximum atomic E-state index is 13.4. The van der Waals surface area contributed by atoms with Gasteiger partial charge in [0.25, 0.3) is 5.69 Å². The van der Waals surface area contributed by atoms with Crippen molar-refractivity contribution >= 4 is 52.0 Å². The van der Waals surface area contributed by atoms with Gasteiger partial charge in [0.05, 0.1) is 14.8 Å². The lowest BCUT2D eigenvalue weighted by molar-refractivity contribution is -0.387. The molecule has 5 N–H and O–H groups in total. The van der Waals surface area contributed by atoms with Crippen molar-refractivity contribution in [2.75, 3.05) is 34.7 Å². The highest BCUT2D eigenvalue weighted by atomic mass is 32.2. The summed E-state index contributed by atoms with van der Waals surface area (Å²) in [4.78, 5) is 61.2. The molecule has 3 rings (SSSR count). The highest BCUT2D eigenvalue weighted by molar-refractivity contribution is 7.99. The Morgan fingerprint density at radius 3 is 2.30 bits per heavy atom. The van der Waals surface area contributed by atoms with Crippen molar-refractivity contribution in [1.29, 1.82) is 0 Å². The molecule has 0 unspecified atom stereocenters. The van der Waals surface area contributed by atoms with Crippen molar-refractivity contribution < 1.29 is 19.3 Å².